The average molecular weight is 238 g/mol. The number of aromatic nitrogens is 2. The first kappa shape index (κ1) is 11.0. The minimum Gasteiger partial charge on any atom is -0.464 e. The standard InChI is InChI=1S/C11H12ClN3O/c1-7-3-4-9(16-7)8(2)15-11-10(12)13-5-6-14-11/h3-6,8H,1-2H3,(H,14,15). The number of furan rings is 1. The molecular formula is C11H12ClN3O. The molecule has 0 spiro atoms. The van der Waals surface area contributed by atoms with Crippen molar-refractivity contribution in [2.45, 2.75) is 19.9 Å². The van der Waals surface area contributed by atoms with Crippen molar-refractivity contribution in [3.05, 3.63) is 41.2 Å². The van der Waals surface area contributed by atoms with Gasteiger partial charge in [0.1, 0.15) is 11.5 Å². The van der Waals surface area contributed by atoms with Crippen LogP contribution in [0.4, 0.5) is 5.82 Å². The van der Waals surface area contributed by atoms with E-state index in [4.69, 9.17) is 16.0 Å². The summed E-state index contributed by atoms with van der Waals surface area (Å²) < 4.78 is 5.50. The number of aryl methyl sites for hydroxylation is 1. The van der Waals surface area contributed by atoms with E-state index in [-0.39, 0.29) is 6.04 Å². The average Bonchev–Trinajstić information content (AvgIpc) is 2.68. The number of halogens is 1. The number of hydrogen-bond donors (Lipinski definition) is 1. The lowest BCUT2D eigenvalue weighted by atomic mass is 10.2. The van der Waals surface area contributed by atoms with E-state index in [0.717, 1.165) is 11.5 Å². The van der Waals surface area contributed by atoms with E-state index in [1.807, 2.05) is 26.0 Å². The third-order valence-electron chi connectivity index (χ3n) is 2.19. The van der Waals surface area contributed by atoms with Gasteiger partial charge in [-0.2, -0.15) is 0 Å². The van der Waals surface area contributed by atoms with Crippen LogP contribution in [0.2, 0.25) is 5.15 Å². The third-order valence-corrected chi connectivity index (χ3v) is 2.47. The molecule has 1 N–H and O–H groups in total. The first-order valence-electron chi connectivity index (χ1n) is 4.96. The molecule has 2 heterocycles. The summed E-state index contributed by atoms with van der Waals surface area (Å²) in [7, 11) is 0. The SMILES string of the molecule is Cc1ccc(C(C)Nc2nccnc2Cl)o1. The molecule has 0 aromatic carbocycles. The van der Waals surface area contributed by atoms with Gasteiger partial charge in [0.25, 0.3) is 0 Å². The molecule has 2 aromatic rings. The van der Waals surface area contributed by atoms with Gasteiger partial charge in [-0.25, -0.2) is 9.97 Å². The van der Waals surface area contributed by atoms with Gasteiger partial charge < -0.3 is 9.73 Å². The second-order valence-electron chi connectivity index (χ2n) is 3.51. The van der Waals surface area contributed by atoms with E-state index >= 15 is 0 Å². The molecule has 0 aliphatic heterocycles. The molecule has 0 fully saturated rings. The Labute approximate surface area is 98.7 Å². The quantitative estimate of drug-likeness (QED) is 0.891. The van der Waals surface area contributed by atoms with Gasteiger partial charge >= 0.3 is 0 Å². The molecule has 0 radical (unpaired) electrons. The second kappa shape index (κ2) is 4.53. The highest BCUT2D eigenvalue weighted by Gasteiger charge is 2.11. The predicted molar refractivity (Wildman–Crippen MR) is 62.5 cm³/mol. The normalized spacial score (nSPS) is 12.4. The zero-order valence-corrected chi connectivity index (χ0v) is 9.82. The minimum atomic E-state index is 0.00269. The van der Waals surface area contributed by atoms with E-state index in [0.29, 0.717) is 11.0 Å². The highest BCUT2D eigenvalue weighted by atomic mass is 35.5. The molecule has 2 aromatic heterocycles. The zero-order chi connectivity index (χ0) is 11.5. The first-order chi connectivity index (χ1) is 7.66. The van der Waals surface area contributed by atoms with Gasteiger partial charge in [0.15, 0.2) is 11.0 Å². The van der Waals surface area contributed by atoms with Crippen molar-refractivity contribution >= 4 is 17.4 Å². The molecule has 5 heteroatoms. The van der Waals surface area contributed by atoms with Crippen molar-refractivity contribution in [1.82, 2.24) is 9.97 Å². The Morgan fingerprint density at radius 3 is 2.69 bits per heavy atom. The molecule has 0 saturated heterocycles. The topological polar surface area (TPSA) is 51.0 Å². The van der Waals surface area contributed by atoms with Crippen LogP contribution in [0.1, 0.15) is 24.5 Å². The Morgan fingerprint density at radius 2 is 2.06 bits per heavy atom. The van der Waals surface area contributed by atoms with Crippen LogP contribution in [0.15, 0.2) is 28.9 Å². The maximum absolute atomic E-state index is 5.89. The van der Waals surface area contributed by atoms with E-state index in [9.17, 15) is 0 Å². The van der Waals surface area contributed by atoms with E-state index in [1.165, 1.54) is 0 Å². The Hall–Kier alpha value is -1.55. The maximum Gasteiger partial charge on any atom is 0.171 e. The monoisotopic (exact) mass is 237 g/mol. The number of anilines is 1. The van der Waals surface area contributed by atoms with Gasteiger partial charge in [0.2, 0.25) is 0 Å². The molecule has 0 amide bonds. The fourth-order valence-corrected chi connectivity index (χ4v) is 1.54. The van der Waals surface area contributed by atoms with Gasteiger partial charge in [0, 0.05) is 12.4 Å². The van der Waals surface area contributed by atoms with Crippen LogP contribution < -0.4 is 5.32 Å². The Kier molecular flexibility index (Phi) is 3.10. The molecule has 4 nitrogen and oxygen atoms in total. The van der Waals surface area contributed by atoms with Crippen LogP contribution in [-0.2, 0) is 0 Å². The summed E-state index contributed by atoms with van der Waals surface area (Å²) in [5.41, 5.74) is 0. The molecular weight excluding hydrogens is 226 g/mol. The molecule has 0 aliphatic carbocycles. The van der Waals surface area contributed by atoms with Crippen LogP contribution in [0, 0.1) is 6.92 Å². The molecule has 0 saturated carbocycles. The fraction of sp³-hybridized carbons (Fsp3) is 0.273. The van der Waals surface area contributed by atoms with Crippen LogP contribution in [-0.4, -0.2) is 9.97 Å². The second-order valence-corrected chi connectivity index (χ2v) is 3.87. The Morgan fingerprint density at radius 1 is 1.31 bits per heavy atom. The predicted octanol–water partition coefficient (Wildman–Crippen LogP) is 3.20. The summed E-state index contributed by atoms with van der Waals surface area (Å²) in [6, 6.07) is 3.85. The Bertz CT molecular complexity index is 484. The zero-order valence-electron chi connectivity index (χ0n) is 9.07. The highest BCUT2D eigenvalue weighted by molar-refractivity contribution is 6.31. The number of rotatable bonds is 3. The highest BCUT2D eigenvalue weighted by Crippen LogP contribution is 2.23. The van der Waals surface area contributed by atoms with Gasteiger partial charge in [-0.1, -0.05) is 11.6 Å². The molecule has 2 rings (SSSR count). The molecule has 0 bridgehead atoms. The van der Waals surface area contributed by atoms with Crippen molar-refractivity contribution in [3.8, 4) is 0 Å². The fourth-order valence-electron chi connectivity index (χ4n) is 1.38. The number of hydrogen-bond acceptors (Lipinski definition) is 4. The lowest BCUT2D eigenvalue weighted by molar-refractivity contribution is 0.466. The first-order valence-corrected chi connectivity index (χ1v) is 5.34. The molecule has 0 aliphatic rings. The van der Waals surface area contributed by atoms with Crippen molar-refractivity contribution in [1.29, 1.82) is 0 Å². The van der Waals surface area contributed by atoms with E-state index in [2.05, 4.69) is 15.3 Å². The lowest BCUT2D eigenvalue weighted by Crippen LogP contribution is -2.07. The van der Waals surface area contributed by atoms with Crippen LogP contribution >= 0.6 is 11.6 Å². The summed E-state index contributed by atoms with van der Waals surface area (Å²) >= 11 is 5.89. The van der Waals surface area contributed by atoms with Crippen LogP contribution in [0.25, 0.3) is 0 Å². The van der Waals surface area contributed by atoms with Gasteiger partial charge in [0.05, 0.1) is 6.04 Å². The van der Waals surface area contributed by atoms with Crippen molar-refractivity contribution < 1.29 is 4.42 Å². The largest absolute Gasteiger partial charge is 0.464 e. The minimum absolute atomic E-state index is 0.00269. The van der Waals surface area contributed by atoms with Crippen LogP contribution in [0.5, 0.6) is 0 Å². The van der Waals surface area contributed by atoms with Gasteiger partial charge in [-0.05, 0) is 26.0 Å². The van der Waals surface area contributed by atoms with Gasteiger partial charge in [-0.3, -0.25) is 0 Å². The summed E-state index contributed by atoms with van der Waals surface area (Å²) in [4.78, 5) is 8.04. The summed E-state index contributed by atoms with van der Waals surface area (Å²) in [6.07, 6.45) is 3.14. The summed E-state index contributed by atoms with van der Waals surface area (Å²) in [6.45, 7) is 3.88. The van der Waals surface area contributed by atoms with Crippen LogP contribution in [0.3, 0.4) is 0 Å². The number of nitrogens with zero attached hydrogens (tertiary/aromatic N) is 2. The molecule has 84 valence electrons. The van der Waals surface area contributed by atoms with E-state index in [1.54, 1.807) is 12.4 Å². The Balaban J connectivity index is 2.13. The molecule has 16 heavy (non-hydrogen) atoms. The maximum atomic E-state index is 5.89. The smallest absolute Gasteiger partial charge is 0.171 e. The third kappa shape index (κ3) is 2.33. The van der Waals surface area contributed by atoms with E-state index < -0.39 is 0 Å². The number of nitrogens with one attached hydrogen (secondary N) is 1. The molecule has 1 atom stereocenters. The summed E-state index contributed by atoms with van der Waals surface area (Å²) in [5, 5.41) is 3.50. The van der Waals surface area contributed by atoms with Gasteiger partial charge in [-0.15, -0.1) is 0 Å². The lowest BCUT2D eigenvalue weighted by Gasteiger charge is -2.12. The van der Waals surface area contributed by atoms with Crippen molar-refractivity contribution in [2.24, 2.45) is 0 Å². The van der Waals surface area contributed by atoms with Crippen molar-refractivity contribution in [3.63, 3.8) is 0 Å². The van der Waals surface area contributed by atoms with Crippen molar-refractivity contribution in [2.75, 3.05) is 5.32 Å². The molecule has 1 unspecified atom stereocenters. The summed E-state index contributed by atoms with van der Waals surface area (Å²) in [5.74, 6) is 2.29.